The van der Waals surface area contributed by atoms with Crippen LogP contribution in [0.15, 0.2) is 41.3 Å². The van der Waals surface area contributed by atoms with Crippen LogP contribution in [-0.2, 0) is 16.6 Å². The number of hydrogen-bond donors (Lipinski definition) is 2. The second kappa shape index (κ2) is 6.28. The van der Waals surface area contributed by atoms with Crippen LogP contribution in [0.2, 0.25) is 5.02 Å². The third kappa shape index (κ3) is 3.62. The smallest absolute Gasteiger partial charge is 0.248 e. The second-order valence-electron chi connectivity index (χ2n) is 4.68. The van der Waals surface area contributed by atoms with E-state index < -0.39 is 16.7 Å². The minimum Gasteiger partial charge on any atom is -0.398 e. The first-order chi connectivity index (χ1) is 9.88. The number of primary amides is 1. The molecule has 1 unspecified atom stereocenters. The molecule has 1 amide bonds. The first-order valence-corrected chi connectivity index (χ1v) is 7.91. The van der Waals surface area contributed by atoms with Crippen LogP contribution < -0.4 is 11.5 Å². The number of hydrogen-bond acceptors (Lipinski definition) is 3. The van der Waals surface area contributed by atoms with Gasteiger partial charge in [0.2, 0.25) is 5.91 Å². The Hall–Kier alpha value is -1.85. The highest BCUT2D eigenvalue weighted by molar-refractivity contribution is 7.84. The minimum absolute atomic E-state index is 0.301. The first kappa shape index (κ1) is 15.5. The number of nitrogen functional groups attached to an aromatic ring is 1. The molecule has 4 nitrogen and oxygen atoms in total. The zero-order valence-corrected chi connectivity index (χ0v) is 13.0. The molecule has 4 N–H and O–H groups in total. The maximum Gasteiger partial charge on any atom is 0.248 e. The number of benzene rings is 2. The summed E-state index contributed by atoms with van der Waals surface area (Å²) in [5.41, 5.74) is 13.7. The van der Waals surface area contributed by atoms with E-state index >= 15 is 0 Å². The number of aryl methyl sites for hydroxylation is 1. The summed E-state index contributed by atoms with van der Waals surface area (Å²) in [6, 6.07) is 9.98. The molecule has 2 aromatic carbocycles. The number of carbonyl (C=O) groups is 1. The van der Waals surface area contributed by atoms with E-state index in [2.05, 4.69) is 0 Å². The average molecular weight is 323 g/mol. The highest BCUT2D eigenvalue weighted by atomic mass is 35.5. The van der Waals surface area contributed by atoms with Crippen LogP contribution in [0.5, 0.6) is 0 Å². The average Bonchev–Trinajstić information content (AvgIpc) is 2.43. The Morgan fingerprint density at radius 2 is 1.95 bits per heavy atom. The highest BCUT2D eigenvalue weighted by Gasteiger charge is 2.12. The lowest BCUT2D eigenvalue weighted by molar-refractivity contribution is 0.1000. The van der Waals surface area contributed by atoms with Crippen LogP contribution in [0.4, 0.5) is 5.69 Å². The van der Waals surface area contributed by atoms with Crippen LogP contribution in [0.25, 0.3) is 0 Å². The quantitative estimate of drug-likeness (QED) is 0.848. The van der Waals surface area contributed by atoms with Gasteiger partial charge in [-0.1, -0.05) is 17.7 Å². The predicted molar refractivity (Wildman–Crippen MR) is 85.7 cm³/mol. The second-order valence-corrected chi connectivity index (χ2v) is 6.53. The topological polar surface area (TPSA) is 86.2 Å². The molecular weight excluding hydrogens is 308 g/mol. The van der Waals surface area contributed by atoms with Gasteiger partial charge in [0.05, 0.1) is 21.4 Å². The Bertz CT molecular complexity index is 732. The van der Waals surface area contributed by atoms with Crippen LogP contribution in [0.3, 0.4) is 0 Å². The molecule has 0 fully saturated rings. The van der Waals surface area contributed by atoms with Crippen molar-refractivity contribution in [3.05, 3.63) is 58.1 Å². The van der Waals surface area contributed by atoms with Crippen molar-refractivity contribution in [3.63, 3.8) is 0 Å². The van der Waals surface area contributed by atoms with Crippen LogP contribution in [0, 0.1) is 6.92 Å². The van der Waals surface area contributed by atoms with E-state index in [1.807, 2.05) is 6.92 Å². The Kier molecular flexibility index (Phi) is 4.65. The summed E-state index contributed by atoms with van der Waals surface area (Å²) in [6.07, 6.45) is 0. The summed E-state index contributed by atoms with van der Waals surface area (Å²) in [4.78, 5) is 11.6. The molecule has 2 aromatic rings. The maximum atomic E-state index is 12.4. The van der Waals surface area contributed by atoms with E-state index in [0.717, 1.165) is 11.1 Å². The molecule has 0 saturated heterocycles. The third-order valence-corrected chi connectivity index (χ3v) is 4.79. The van der Waals surface area contributed by atoms with E-state index in [4.69, 9.17) is 23.1 Å². The molecular formula is C15H15ClN2O2S. The van der Waals surface area contributed by atoms with Gasteiger partial charge in [-0.05, 0) is 48.4 Å². The molecule has 0 aromatic heterocycles. The van der Waals surface area contributed by atoms with Gasteiger partial charge in [0.25, 0.3) is 0 Å². The van der Waals surface area contributed by atoms with E-state index in [1.54, 1.807) is 36.4 Å². The van der Waals surface area contributed by atoms with Crippen molar-refractivity contribution in [2.45, 2.75) is 17.6 Å². The van der Waals surface area contributed by atoms with Gasteiger partial charge in [-0.15, -0.1) is 0 Å². The lowest BCUT2D eigenvalue weighted by Crippen LogP contribution is -2.11. The lowest BCUT2D eigenvalue weighted by Gasteiger charge is -2.09. The Morgan fingerprint density at radius 1 is 1.24 bits per heavy atom. The normalized spacial score (nSPS) is 12.1. The molecule has 6 heteroatoms. The van der Waals surface area contributed by atoms with Gasteiger partial charge in [-0.3, -0.25) is 9.00 Å². The van der Waals surface area contributed by atoms with Crippen molar-refractivity contribution in [2.24, 2.45) is 5.73 Å². The fourth-order valence-corrected chi connectivity index (χ4v) is 3.52. The van der Waals surface area contributed by atoms with Gasteiger partial charge in [0.15, 0.2) is 0 Å². The van der Waals surface area contributed by atoms with E-state index in [9.17, 15) is 9.00 Å². The largest absolute Gasteiger partial charge is 0.398 e. The molecule has 0 aliphatic carbocycles. The number of nitrogens with two attached hydrogens (primary N) is 2. The minimum atomic E-state index is -1.31. The summed E-state index contributed by atoms with van der Waals surface area (Å²) >= 11 is 5.91. The number of amides is 1. The van der Waals surface area contributed by atoms with Crippen molar-refractivity contribution in [2.75, 3.05) is 5.73 Å². The molecule has 0 aliphatic heterocycles. The molecule has 0 saturated carbocycles. The van der Waals surface area contributed by atoms with Gasteiger partial charge in [-0.25, -0.2) is 0 Å². The van der Waals surface area contributed by atoms with Gasteiger partial charge >= 0.3 is 0 Å². The van der Waals surface area contributed by atoms with E-state index in [1.165, 1.54) is 0 Å². The first-order valence-electron chi connectivity index (χ1n) is 6.21. The molecule has 21 heavy (non-hydrogen) atoms. The van der Waals surface area contributed by atoms with E-state index in [-0.39, 0.29) is 0 Å². The van der Waals surface area contributed by atoms with Crippen LogP contribution in [-0.4, -0.2) is 10.1 Å². The molecule has 0 spiro atoms. The number of rotatable bonds is 4. The Balaban J connectivity index is 2.27. The molecule has 0 radical (unpaired) electrons. The Labute approximate surface area is 130 Å². The SMILES string of the molecule is Cc1cc(C(N)=O)ccc1CS(=O)c1cc(Cl)ccc1N. The molecule has 0 bridgehead atoms. The van der Waals surface area contributed by atoms with Crippen molar-refractivity contribution < 1.29 is 9.00 Å². The molecule has 0 heterocycles. The monoisotopic (exact) mass is 322 g/mol. The summed E-state index contributed by atoms with van der Waals surface area (Å²) in [5.74, 6) is -0.181. The number of halogens is 1. The van der Waals surface area contributed by atoms with Gasteiger partial charge < -0.3 is 11.5 Å². The standard InChI is InChI=1S/C15H15ClN2O2S/c1-9-6-10(15(18)19)2-3-11(9)8-21(20)14-7-12(16)4-5-13(14)17/h2-7H,8,17H2,1H3,(H2,18,19). The van der Waals surface area contributed by atoms with Crippen molar-refractivity contribution in [1.82, 2.24) is 0 Å². The van der Waals surface area contributed by atoms with E-state index in [0.29, 0.717) is 26.9 Å². The van der Waals surface area contributed by atoms with Gasteiger partial charge in [-0.2, -0.15) is 0 Å². The highest BCUT2D eigenvalue weighted by Crippen LogP contribution is 2.24. The fraction of sp³-hybridized carbons (Fsp3) is 0.133. The van der Waals surface area contributed by atoms with Crippen LogP contribution in [0.1, 0.15) is 21.5 Å². The zero-order chi connectivity index (χ0) is 15.6. The molecule has 0 aliphatic rings. The van der Waals surface area contributed by atoms with Gasteiger partial charge in [0, 0.05) is 16.3 Å². The predicted octanol–water partition coefficient (Wildman–Crippen LogP) is 2.64. The fourth-order valence-electron chi connectivity index (χ4n) is 1.94. The number of anilines is 1. The summed E-state index contributed by atoms with van der Waals surface area (Å²) < 4.78 is 12.4. The van der Waals surface area contributed by atoms with Gasteiger partial charge in [0.1, 0.15) is 0 Å². The molecule has 2 rings (SSSR count). The zero-order valence-electron chi connectivity index (χ0n) is 11.4. The van der Waals surface area contributed by atoms with Crippen LogP contribution >= 0.6 is 11.6 Å². The summed E-state index contributed by atoms with van der Waals surface area (Å²) in [5, 5.41) is 0.494. The molecule has 1 atom stereocenters. The van der Waals surface area contributed by atoms with Crippen molar-refractivity contribution in [1.29, 1.82) is 0 Å². The maximum absolute atomic E-state index is 12.4. The summed E-state index contributed by atoms with van der Waals surface area (Å²) in [6.45, 7) is 1.85. The molecule has 110 valence electrons. The van der Waals surface area contributed by atoms with Crippen molar-refractivity contribution in [3.8, 4) is 0 Å². The lowest BCUT2D eigenvalue weighted by atomic mass is 10.1. The Morgan fingerprint density at radius 3 is 2.57 bits per heavy atom. The third-order valence-electron chi connectivity index (χ3n) is 3.13. The summed E-state index contributed by atoms with van der Waals surface area (Å²) in [7, 11) is -1.31. The number of carbonyl (C=O) groups excluding carboxylic acids is 1. The van der Waals surface area contributed by atoms with Crippen molar-refractivity contribution >= 4 is 34.0 Å².